The highest BCUT2D eigenvalue weighted by Crippen LogP contribution is 2.51. The Morgan fingerprint density at radius 1 is 0.692 bits per heavy atom. The number of benzene rings is 4. The van der Waals surface area contributed by atoms with Crippen molar-refractivity contribution in [2.45, 2.75) is 31.1 Å². The summed E-state index contributed by atoms with van der Waals surface area (Å²) in [6.07, 6.45) is 0.659. The summed E-state index contributed by atoms with van der Waals surface area (Å²) in [7, 11) is 1.56. The van der Waals surface area contributed by atoms with Crippen LogP contribution in [-0.2, 0) is 6.42 Å². The van der Waals surface area contributed by atoms with E-state index in [2.05, 4.69) is 0 Å². The molecule has 1 unspecified atom stereocenters. The molecule has 4 aromatic carbocycles. The topological polar surface area (TPSA) is 109 Å². The van der Waals surface area contributed by atoms with Gasteiger partial charge in [0.1, 0.15) is 40.2 Å². The van der Waals surface area contributed by atoms with E-state index in [4.69, 9.17) is 14.2 Å². The summed E-state index contributed by atoms with van der Waals surface area (Å²) >= 11 is 0. The first-order valence-corrected chi connectivity index (χ1v) is 12.9. The van der Waals surface area contributed by atoms with Gasteiger partial charge < -0.3 is 34.6 Å². The largest absolute Gasteiger partial charge is 0.508 e. The second-order valence-corrected chi connectivity index (χ2v) is 10.3. The number of ether oxygens (including phenoxy) is 3. The monoisotopic (exact) mass is 526 g/mol. The van der Waals surface area contributed by atoms with E-state index in [-0.39, 0.29) is 40.8 Å². The van der Waals surface area contributed by atoms with E-state index in [1.54, 1.807) is 43.5 Å². The first kappa shape index (κ1) is 24.8. The summed E-state index contributed by atoms with van der Waals surface area (Å²) in [6.45, 7) is 2.63. The predicted octanol–water partition coefficient (Wildman–Crippen LogP) is 5.85. The minimum absolute atomic E-state index is 0.0895. The van der Waals surface area contributed by atoms with Gasteiger partial charge in [0.15, 0.2) is 0 Å². The number of phenolic OH excluding ortho intramolecular Hbond substituents is 4. The van der Waals surface area contributed by atoms with E-state index in [0.29, 0.717) is 36.9 Å². The summed E-state index contributed by atoms with van der Waals surface area (Å²) in [5, 5.41) is 42.0. The third-order valence-electron chi connectivity index (χ3n) is 7.94. The molecule has 7 heteroatoms. The Kier molecular flexibility index (Phi) is 6.14. The fourth-order valence-electron chi connectivity index (χ4n) is 5.96. The maximum Gasteiger partial charge on any atom is 0.126 e. The van der Waals surface area contributed by atoms with Crippen LogP contribution in [0.4, 0.5) is 0 Å². The Bertz CT molecular complexity index is 1560. The van der Waals surface area contributed by atoms with Gasteiger partial charge in [0.2, 0.25) is 0 Å². The van der Waals surface area contributed by atoms with Crippen molar-refractivity contribution in [1.29, 1.82) is 0 Å². The Morgan fingerprint density at radius 2 is 1.38 bits per heavy atom. The highest BCUT2D eigenvalue weighted by molar-refractivity contribution is 5.56. The minimum Gasteiger partial charge on any atom is -0.508 e. The van der Waals surface area contributed by atoms with E-state index < -0.39 is 0 Å². The standard InChI is InChI=1S/C32H30O7/c1-17-9-28(35)26(19-10-18-3-4-20(33)11-30(18)38-15-19)14-25(17)32-24-7-5-21(34)12-31(24)39-16-27(32)23-8-6-22(37-2)13-29(23)36/h3-9,11-14,19,27,32-36H,10,15-16H2,1-2H3/t19?,27-,32-/m1/s1. The molecule has 2 aliphatic heterocycles. The summed E-state index contributed by atoms with van der Waals surface area (Å²) in [5.41, 5.74) is 5.26. The van der Waals surface area contributed by atoms with Crippen LogP contribution >= 0.6 is 0 Å². The summed E-state index contributed by atoms with van der Waals surface area (Å²) in [6, 6.07) is 19.4. The van der Waals surface area contributed by atoms with Gasteiger partial charge in [-0.1, -0.05) is 24.3 Å². The zero-order valence-electron chi connectivity index (χ0n) is 21.7. The number of rotatable bonds is 4. The van der Waals surface area contributed by atoms with E-state index in [1.165, 1.54) is 0 Å². The molecule has 0 spiro atoms. The van der Waals surface area contributed by atoms with Crippen LogP contribution in [0.3, 0.4) is 0 Å². The summed E-state index contributed by atoms with van der Waals surface area (Å²) in [4.78, 5) is 0. The van der Waals surface area contributed by atoms with Crippen LogP contribution < -0.4 is 14.2 Å². The van der Waals surface area contributed by atoms with Crippen molar-refractivity contribution >= 4 is 0 Å². The molecule has 0 aliphatic carbocycles. The van der Waals surface area contributed by atoms with Gasteiger partial charge in [0.25, 0.3) is 0 Å². The molecule has 4 N–H and O–H groups in total. The molecule has 200 valence electrons. The Morgan fingerprint density at radius 3 is 2.15 bits per heavy atom. The molecule has 4 aromatic rings. The molecule has 7 nitrogen and oxygen atoms in total. The van der Waals surface area contributed by atoms with Gasteiger partial charge >= 0.3 is 0 Å². The maximum absolute atomic E-state index is 11.1. The van der Waals surface area contributed by atoms with Crippen LogP contribution in [0.2, 0.25) is 0 Å². The van der Waals surface area contributed by atoms with Crippen molar-refractivity contribution in [2.24, 2.45) is 0 Å². The molecule has 0 amide bonds. The molecule has 0 saturated heterocycles. The molecule has 2 aliphatic rings. The number of hydrogen-bond acceptors (Lipinski definition) is 7. The Labute approximate surface area is 226 Å². The lowest BCUT2D eigenvalue weighted by Crippen LogP contribution is -2.26. The van der Waals surface area contributed by atoms with Crippen LogP contribution in [0, 0.1) is 6.92 Å². The SMILES string of the molecule is COc1ccc([C@H]2COc3cc(O)ccc3[C@@H]2c2cc(C3COc4cc(O)ccc4C3)c(O)cc2C)c(O)c1. The molecule has 3 atom stereocenters. The van der Waals surface area contributed by atoms with Crippen LogP contribution in [0.25, 0.3) is 0 Å². The highest BCUT2D eigenvalue weighted by Gasteiger charge is 2.37. The van der Waals surface area contributed by atoms with Gasteiger partial charge in [-0.15, -0.1) is 0 Å². The van der Waals surface area contributed by atoms with Crippen molar-refractivity contribution in [2.75, 3.05) is 20.3 Å². The summed E-state index contributed by atoms with van der Waals surface area (Å²) in [5.74, 6) is 1.85. The summed E-state index contributed by atoms with van der Waals surface area (Å²) < 4.78 is 17.4. The van der Waals surface area contributed by atoms with Gasteiger partial charge in [-0.2, -0.15) is 0 Å². The molecule has 0 saturated carbocycles. The first-order valence-electron chi connectivity index (χ1n) is 12.9. The maximum atomic E-state index is 11.1. The fourth-order valence-corrected chi connectivity index (χ4v) is 5.96. The number of methoxy groups -OCH3 is 1. The Balaban J connectivity index is 1.47. The minimum atomic E-state index is -0.240. The van der Waals surface area contributed by atoms with Gasteiger partial charge in [-0.05, 0) is 54.3 Å². The van der Waals surface area contributed by atoms with Crippen LogP contribution in [0.1, 0.15) is 51.1 Å². The molecule has 0 bridgehead atoms. The lowest BCUT2D eigenvalue weighted by molar-refractivity contribution is 0.244. The smallest absolute Gasteiger partial charge is 0.126 e. The van der Waals surface area contributed by atoms with Crippen LogP contribution in [0.5, 0.6) is 40.2 Å². The van der Waals surface area contributed by atoms with E-state index in [9.17, 15) is 20.4 Å². The van der Waals surface area contributed by atoms with Crippen molar-refractivity contribution in [3.8, 4) is 40.2 Å². The van der Waals surface area contributed by atoms with Crippen molar-refractivity contribution in [1.82, 2.24) is 0 Å². The van der Waals surface area contributed by atoms with E-state index in [1.807, 2.05) is 37.3 Å². The predicted molar refractivity (Wildman–Crippen MR) is 146 cm³/mol. The molecule has 2 heterocycles. The average Bonchev–Trinajstić information content (AvgIpc) is 2.92. The Hall–Kier alpha value is -4.52. The second-order valence-electron chi connectivity index (χ2n) is 10.3. The van der Waals surface area contributed by atoms with E-state index in [0.717, 1.165) is 33.4 Å². The second kappa shape index (κ2) is 9.66. The third kappa shape index (κ3) is 4.44. The molecule has 6 rings (SSSR count). The van der Waals surface area contributed by atoms with Crippen molar-refractivity contribution < 1.29 is 34.6 Å². The van der Waals surface area contributed by atoms with Crippen LogP contribution in [-0.4, -0.2) is 40.7 Å². The molecule has 0 fully saturated rings. The molecular weight excluding hydrogens is 496 g/mol. The number of phenols is 4. The molecule has 0 aromatic heterocycles. The molecule has 39 heavy (non-hydrogen) atoms. The van der Waals surface area contributed by atoms with Crippen molar-refractivity contribution in [3.05, 3.63) is 100 Å². The quantitative estimate of drug-likeness (QED) is 0.264. The van der Waals surface area contributed by atoms with E-state index >= 15 is 0 Å². The number of aryl methyl sites for hydroxylation is 1. The van der Waals surface area contributed by atoms with Gasteiger partial charge in [0.05, 0.1) is 20.3 Å². The number of aromatic hydroxyl groups is 4. The molecular formula is C32H30O7. The zero-order chi connectivity index (χ0) is 27.3. The third-order valence-corrected chi connectivity index (χ3v) is 7.94. The molecule has 0 radical (unpaired) electrons. The van der Waals surface area contributed by atoms with Crippen LogP contribution in [0.15, 0.2) is 66.7 Å². The number of hydrogen-bond donors (Lipinski definition) is 4. The first-order chi connectivity index (χ1) is 18.8. The zero-order valence-corrected chi connectivity index (χ0v) is 21.7. The number of fused-ring (bicyclic) bond motifs is 2. The highest BCUT2D eigenvalue weighted by atomic mass is 16.5. The fraction of sp³-hybridized carbons (Fsp3) is 0.250. The van der Waals surface area contributed by atoms with Gasteiger partial charge in [-0.3, -0.25) is 0 Å². The average molecular weight is 527 g/mol. The van der Waals surface area contributed by atoms with Crippen molar-refractivity contribution in [3.63, 3.8) is 0 Å². The van der Waals surface area contributed by atoms with Gasteiger partial charge in [0, 0.05) is 52.6 Å². The lowest BCUT2D eigenvalue weighted by Gasteiger charge is -2.36. The normalized spacial score (nSPS) is 19.8. The van der Waals surface area contributed by atoms with Gasteiger partial charge in [-0.25, -0.2) is 0 Å². The lowest BCUT2D eigenvalue weighted by atomic mass is 9.73.